The first-order valence-electron chi connectivity index (χ1n) is 9.36. The van der Waals surface area contributed by atoms with Gasteiger partial charge in [-0.15, -0.1) is 0 Å². The van der Waals surface area contributed by atoms with Gasteiger partial charge >= 0.3 is 0 Å². The number of rotatable bonds is 7. The lowest BCUT2D eigenvalue weighted by molar-refractivity contribution is 0.116. The fraction of sp³-hybridized carbons (Fsp3) is 0.778. The third-order valence-electron chi connectivity index (χ3n) is 5.12. The van der Waals surface area contributed by atoms with E-state index in [2.05, 4.69) is 64.6 Å². The van der Waals surface area contributed by atoms with Crippen molar-refractivity contribution in [1.82, 2.24) is 25.6 Å². The number of hydrogen-bond acceptors (Lipinski definition) is 5. The molecule has 2 rings (SSSR count). The fourth-order valence-electron chi connectivity index (χ4n) is 3.24. The van der Waals surface area contributed by atoms with Crippen molar-refractivity contribution in [3.63, 3.8) is 0 Å². The predicted octanol–water partition coefficient (Wildman–Crippen LogP) is 1.49. The molecule has 0 bridgehead atoms. The zero-order valence-electron chi connectivity index (χ0n) is 16.4. The van der Waals surface area contributed by atoms with Gasteiger partial charge < -0.3 is 20.1 Å². The Labute approximate surface area is 151 Å². The molecule has 0 amide bonds. The number of nitrogens with zero attached hydrogens (tertiary/aromatic N) is 4. The third kappa shape index (κ3) is 5.71. The van der Waals surface area contributed by atoms with Crippen LogP contribution in [0.4, 0.5) is 0 Å². The average molecular weight is 351 g/mol. The Morgan fingerprint density at radius 2 is 2.08 bits per heavy atom. The van der Waals surface area contributed by atoms with Crippen LogP contribution in [0.15, 0.2) is 15.6 Å². The summed E-state index contributed by atoms with van der Waals surface area (Å²) in [4.78, 5) is 9.08. The van der Waals surface area contributed by atoms with E-state index in [1.165, 1.54) is 0 Å². The zero-order valence-corrected chi connectivity index (χ0v) is 16.4. The molecule has 0 spiro atoms. The number of aliphatic imine (C=N–C) groups is 1. The van der Waals surface area contributed by atoms with E-state index in [0.29, 0.717) is 18.5 Å². The molecule has 7 nitrogen and oxygen atoms in total. The summed E-state index contributed by atoms with van der Waals surface area (Å²) in [6.07, 6.45) is 2.17. The first-order chi connectivity index (χ1) is 12.1. The minimum Gasteiger partial charge on any atom is -0.359 e. The number of aromatic nitrogens is 1. The van der Waals surface area contributed by atoms with Gasteiger partial charge in [0.1, 0.15) is 0 Å². The molecule has 1 fully saturated rings. The molecular formula is C18H34N6O. The van der Waals surface area contributed by atoms with Gasteiger partial charge in [-0.25, -0.2) is 0 Å². The second kappa shape index (κ2) is 9.77. The van der Waals surface area contributed by atoms with Gasteiger partial charge in [0.2, 0.25) is 0 Å². The van der Waals surface area contributed by atoms with Crippen molar-refractivity contribution >= 4 is 5.96 Å². The van der Waals surface area contributed by atoms with Gasteiger partial charge in [0.15, 0.2) is 11.7 Å². The van der Waals surface area contributed by atoms with Crippen LogP contribution in [0, 0.1) is 0 Å². The smallest absolute Gasteiger partial charge is 0.191 e. The normalized spacial score (nSPS) is 20.2. The van der Waals surface area contributed by atoms with E-state index in [1.807, 2.05) is 0 Å². The van der Waals surface area contributed by atoms with Crippen molar-refractivity contribution in [2.24, 2.45) is 4.99 Å². The van der Waals surface area contributed by atoms with Crippen LogP contribution in [0.1, 0.15) is 44.1 Å². The molecule has 25 heavy (non-hydrogen) atoms. The molecule has 2 heterocycles. The first-order valence-corrected chi connectivity index (χ1v) is 9.36. The standard InChI is InChI=1S/C18H34N6O/c1-6-14(7-2)17-10-16(25-22-17)12-21-18(19-3)20-11-15-13-23(4)8-9-24(15)5/h10,14-15H,6-9,11-13H2,1-5H3,(H2,19,20,21). The quantitative estimate of drug-likeness (QED) is 0.574. The van der Waals surface area contributed by atoms with Gasteiger partial charge in [-0.3, -0.25) is 9.89 Å². The van der Waals surface area contributed by atoms with Crippen molar-refractivity contribution in [2.45, 2.75) is 45.2 Å². The Morgan fingerprint density at radius 1 is 1.32 bits per heavy atom. The molecule has 142 valence electrons. The second-order valence-electron chi connectivity index (χ2n) is 6.93. The van der Waals surface area contributed by atoms with Crippen LogP contribution in [-0.2, 0) is 6.54 Å². The van der Waals surface area contributed by atoms with E-state index < -0.39 is 0 Å². The van der Waals surface area contributed by atoms with Gasteiger partial charge in [0, 0.05) is 51.3 Å². The van der Waals surface area contributed by atoms with Gasteiger partial charge in [0.25, 0.3) is 0 Å². The second-order valence-corrected chi connectivity index (χ2v) is 6.93. The molecular weight excluding hydrogens is 316 g/mol. The molecule has 1 aliphatic heterocycles. The van der Waals surface area contributed by atoms with Crippen molar-refractivity contribution < 1.29 is 4.52 Å². The molecule has 0 radical (unpaired) electrons. The molecule has 1 atom stereocenters. The van der Waals surface area contributed by atoms with E-state index in [1.54, 1.807) is 7.05 Å². The molecule has 1 aromatic heterocycles. The van der Waals surface area contributed by atoms with Crippen LogP contribution in [0.2, 0.25) is 0 Å². The fourth-order valence-corrected chi connectivity index (χ4v) is 3.24. The Bertz CT molecular complexity index is 539. The SMILES string of the molecule is CCC(CC)c1cc(CNC(=NC)NCC2CN(C)CCN2C)on1. The summed E-state index contributed by atoms with van der Waals surface area (Å²) in [6, 6.07) is 2.55. The van der Waals surface area contributed by atoms with Gasteiger partial charge in [-0.2, -0.15) is 0 Å². The number of guanidine groups is 1. The number of likely N-dealkylation sites (N-methyl/N-ethyl adjacent to an activating group) is 2. The van der Waals surface area contributed by atoms with Crippen LogP contribution in [0.5, 0.6) is 0 Å². The third-order valence-corrected chi connectivity index (χ3v) is 5.12. The van der Waals surface area contributed by atoms with Crippen molar-refractivity contribution in [1.29, 1.82) is 0 Å². The summed E-state index contributed by atoms with van der Waals surface area (Å²) in [5, 5.41) is 10.9. The maximum absolute atomic E-state index is 5.46. The summed E-state index contributed by atoms with van der Waals surface area (Å²) in [5.41, 5.74) is 1.05. The molecule has 0 saturated carbocycles. The Kier molecular flexibility index (Phi) is 7.71. The lowest BCUT2D eigenvalue weighted by Crippen LogP contribution is -2.55. The molecule has 2 N–H and O–H groups in total. The van der Waals surface area contributed by atoms with E-state index in [0.717, 1.165) is 56.4 Å². The maximum atomic E-state index is 5.46. The van der Waals surface area contributed by atoms with Crippen LogP contribution in [-0.4, -0.2) is 74.3 Å². The molecule has 1 aliphatic rings. The highest BCUT2D eigenvalue weighted by atomic mass is 16.5. The minimum absolute atomic E-state index is 0.480. The average Bonchev–Trinajstić information content (AvgIpc) is 3.08. The lowest BCUT2D eigenvalue weighted by Gasteiger charge is -2.37. The number of hydrogen-bond donors (Lipinski definition) is 2. The van der Waals surface area contributed by atoms with Crippen LogP contribution in [0.25, 0.3) is 0 Å². The van der Waals surface area contributed by atoms with Gasteiger partial charge in [-0.05, 0) is 26.9 Å². The van der Waals surface area contributed by atoms with E-state index in [9.17, 15) is 0 Å². The van der Waals surface area contributed by atoms with Crippen molar-refractivity contribution in [3.8, 4) is 0 Å². The largest absolute Gasteiger partial charge is 0.359 e. The highest BCUT2D eigenvalue weighted by molar-refractivity contribution is 5.79. The summed E-state index contributed by atoms with van der Waals surface area (Å²) >= 11 is 0. The molecule has 7 heteroatoms. The van der Waals surface area contributed by atoms with Crippen molar-refractivity contribution in [3.05, 3.63) is 17.5 Å². The van der Waals surface area contributed by atoms with Gasteiger partial charge in [-0.1, -0.05) is 19.0 Å². The van der Waals surface area contributed by atoms with E-state index in [4.69, 9.17) is 4.52 Å². The minimum atomic E-state index is 0.480. The summed E-state index contributed by atoms with van der Waals surface area (Å²) < 4.78 is 5.46. The first kappa shape index (κ1) is 19.7. The monoisotopic (exact) mass is 350 g/mol. The van der Waals surface area contributed by atoms with Crippen LogP contribution < -0.4 is 10.6 Å². The molecule has 0 aliphatic carbocycles. The molecule has 1 saturated heterocycles. The molecule has 1 aromatic rings. The Balaban J connectivity index is 1.80. The maximum Gasteiger partial charge on any atom is 0.191 e. The summed E-state index contributed by atoms with van der Waals surface area (Å²) in [7, 11) is 6.15. The van der Waals surface area contributed by atoms with Crippen LogP contribution in [0.3, 0.4) is 0 Å². The molecule has 0 aromatic carbocycles. The van der Waals surface area contributed by atoms with Crippen LogP contribution >= 0.6 is 0 Å². The predicted molar refractivity (Wildman–Crippen MR) is 102 cm³/mol. The highest BCUT2D eigenvalue weighted by Crippen LogP contribution is 2.22. The topological polar surface area (TPSA) is 68.9 Å². The Hall–Kier alpha value is -1.60. The highest BCUT2D eigenvalue weighted by Gasteiger charge is 2.22. The van der Waals surface area contributed by atoms with Gasteiger partial charge in [0.05, 0.1) is 12.2 Å². The Morgan fingerprint density at radius 3 is 2.76 bits per heavy atom. The zero-order chi connectivity index (χ0) is 18.2. The van der Waals surface area contributed by atoms with E-state index in [-0.39, 0.29) is 0 Å². The van der Waals surface area contributed by atoms with E-state index >= 15 is 0 Å². The van der Waals surface area contributed by atoms with Crippen molar-refractivity contribution in [2.75, 3.05) is 47.3 Å². The number of piperazine rings is 1. The summed E-state index contributed by atoms with van der Waals surface area (Å²) in [6.45, 7) is 9.14. The molecule has 1 unspecified atom stereocenters. The number of nitrogens with one attached hydrogen (secondary N) is 2. The summed E-state index contributed by atoms with van der Waals surface area (Å²) in [5.74, 6) is 2.12. The lowest BCUT2D eigenvalue weighted by atomic mass is 9.99.